The molecular formula is C14H21N3O4. The van der Waals surface area contributed by atoms with E-state index in [0.717, 1.165) is 0 Å². The van der Waals surface area contributed by atoms with Crippen LogP contribution in [0.15, 0.2) is 24.3 Å². The minimum Gasteiger partial charge on any atom is -0.393 e. The molecule has 1 rings (SSSR count). The van der Waals surface area contributed by atoms with Crippen LogP contribution in [0.4, 0.5) is 16.2 Å². The van der Waals surface area contributed by atoms with Gasteiger partial charge in [0, 0.05) is 24.4 Å². The Morgan fingerprint density at radius 3 is 2.71 bits per heavy atom. The maximum absolute atomic E-state index is 11.8. The van der Waals surface area contributed by atoms with Crippen molar-refractivity contribution in [2.24, 2.45) is 5.41 Å². The number of nitro benzene ring substituents is 1. The van der Waals surface area contributed by atoms with E-state index in [-0.39, 0.29) is 11.1 Å². The standard InChI is InChI=1S/C14H21N3O4/c1-10(18)8-14(2,3)9-15-13(19)16-11-5-4-6-12(7-11)17(20)21/h4-7,10,18H,8-9H2,1-3H3,(H2,15,16,19). The Morgan fingerprint density at radius 2 is 2.14 bits per heavy atom. The summed E-state index contributed by atoms with van der Waals surface area (Å²) in [6.07, 6.45) is 0.117. The van der Waals surface area contributed by atoms with Crippen LogP contribution in [0.1, 0.15) is 27.2 Å². The molecular weight excluding hydrogens is 274 g/mol. The predicted octanol–water partition coefficient (Wildman–Crippen LogP) is 2.51. The van der Waals surface area contributed by atoms with E-state index in [1.165, 1.54) is 18.2 Å². The van der Waals surface area contributed by atoms with Crippen molar-refractivity contribution < 1.29 is 14.8 Å². The Labute approximate surface area is 123 Å². The topological polar surface area (TPSA) is 104 Å². The van der Waals surface area contributed by atoms with Gasteiger partial charge in [-0.05, 0) is 24.8 Å². The number of carbonyl (C=O) groups is 1. The number of urea groups is 1. The SMILES string of the molecule is CC(O)CC(C)(C)CNC(=O)Nc1cccc([N+](=O)[O-])c1. The molecule has 0 aromatic heterocycles. The van der Waals surface area contributed by atoms with Gasteiger partial charge in [-0.1, -0.05) is 19.9 Å². The van der Waals surface area contributed by atoms with Crippen LogP contribution in [0.3, 0.4) is 0 Å². The molecule has 0 aliphatic heterocycles. The van der Waals surface area contributed by atoms with Crippen LogP contribution in [-0.2, 0) is 0 Å². The van der Waals surface area contributed by atoms with Gasteiger partial charge in [0.1, 0.15) is 0 Å². The lowest BCUT2D eigenvalue weighted by atomic mass is 9.87. The molecule has 2 amide bonds. The molecule has 1 aromatic rings. The molecule has 1 aromatic carbocycles. The summed E-state index contributed by atoms with van der Waals surface area (Å²) in [6, 6.07) is 5.29. The summed E-state index contributed by atoms with van der Waals surface area (Å²) in [7, 11) is 0. The van der Waals surface area contributed by atoms with Crippen molar-refractivity contribution in [1.29, 1.82) is 0 Å². The number of aliphatic hydroxyl groups excluding tert-OH is 1. The first-order valence-electron chi connectivity index (χ1n) is 6.67. The van der Waals surface area contributed by atoms with Crippen LogP contribution in [0.25, 0.3) is 0 Å². The summed E-state index contributed by atoms with van der Waals surface area (Å²) >= 11 is 0. The van der Waals surface area contributed by atoms with Crippen molar-refractivity contribution >= 4 is 17.4 Å². The molecule has 0 saturated heterocycles. The van der Waals surface area contributed by atoms with E-state index in [2.05, 4.69) is 10.6 Å². The Kier molecular flexibility index (Phi) is 5.66. The van der Waals surface area contributed by atoms with Crippen LogP contribution in [-0.4, -0.2) is 28.7 Å². The van der Waals surface area contributed by atoms with Crippen molar-refractivity contribution in [3.63, 3.8) is 0 Å². The summed E-state index contributed by atoms with van der Waals surface area (Å²) in [5.41, 5.74) is 0.0334. The lowest BCUT2D eigenvalue weighted by Gasteiger charge is -2.26. The number of hydrogen-bond acceptors (Lipinski definition) is 4. The first-order valence-corrected chi connectivity index (χ1v) is 6.67. The fraction of sp³-hybridized carbons (Fsp3) is 0.500. The second-order valence-electron chi connectivity index (χ2n) is 5.83. The molecule has 7 nitrogen and oxygen atoms in total. The number of amides is 2. The number of nitrogens with zero attached hydrogens (tertiary/aromatic N) is 1. The van der Waals surface area contributed by atoms with Gasteiger partial charge in [-0.3, -0.25) is 10.1 Å². The molecule has 7 heteroatoms. The highest BCUT2D eigenvalue weighted by Gasteiger charge is 2.21. The smallest absolute Gasteiger partial charge is 0.319 e. The number of rotatable bonds is 6. The van der Waals surface area contributed by atoms with Gasteiger partial charge in [-0.25, -0.2) is 4.79 Å². The Morgan fingerprint density at radius 1 is 1.48 bits per heavy atom. The minimum atomic E-state index is -0.519. The number of non-ortho nitro benzene ring substituents is 1. The highest BCUT2D eigenvalue weighted by molar-refractivity contribution is 5.89. The van der Waals surface area contributed by atoms with Crippen molar-refractivity contribution in [2.75, 3.05) is 11.9 Å². The number of hydrogen-bond donors (Lipinski definition) is 3. The summed E-state index contributed by atoms with van der Waals surface area (Å²) in [5, 5.41) is 25.3. The second-order valence-corrected chi connectivity index (χ2v) is 5.83. The highest BCUT2D eigenvalue weighted by atomic mass is 16.6. The first kappa shape index (κ1) is 16.9. The molecule has 0 aliphatic rings. The van der Waals surface area contributed by atoms with Crippen LogP contribution in [0, 0.1) is 15.5 Å². The average molecular weight is 295 g/mol. The Balaban J connectivity index is 2.54. The highest BCUT2D eigenvalue weighted by Crippen LogP contribution is 2.21. The van der Waals surface area contributed by atoms with E-state index in [0.29, 0.717) is 18.7 Å². The molecule has 116 valence electrons. The van der Waals surface area contributed by atoms with Crippen molar-refractivity contribution in [3.8, 4) is 0 Å². The van der Waals surface area contributed by atoms with Gasteiger partial charge in [0.15, 0.2) is 0 Å². The summed E-state index contributed by atoms with van der Waals surface area (Å²) in [4.78, 5) is 21.9. The number of benzene rings is 1. The Hall–Kier alpha value is -2.15. The zero-order valence-corrected chi connectivity index (χ0v) is 12.4. The van der Waals surface area contributed by atoms with E-state index in [9.17, 15) is 20.0 Å². The Bertz CT molecular complexity index is 515. The van der Waals surface area contributed by atoms with Gasteiger partial charge in [-0.2, -0.15) is 0 Å². The molecule has 0 saturated carbocycles. The molecule has 0 fully saturated rings. The monoisotopic (exact) mass is 295 g/mol. The summed E-state index contributed by atoms with van der Waals surface area (Å²) in [5.74, 6) is 0. The maximum Gasteiger partial charge on any atom is 0.319 e. The summed E-state index contributed by atoms with van der Waals surface area (Å²) < 4.78 is 0. The molecule has 1 unspecified atom stereocenters. The summed E-state index contributed by atoms with van der Waals surface area (Å²) in [6.45, 7) is 5.96. The van der Waals surface area contributed by atoms with E-state index in [1.54, 1.807) is 13.0 Å². The minimum absolute atomic E-state index is 0.0813. The molecule has 0 heterocycles. The van der Waals surface area contributed by atoms with Crippen LogP contribution in [0.2, 0.25) is 0 Å². The fourth-order valence-electron chi connectivity index (χ4n) is 2.06. The zero-order valence-electron chi connectivity index (χ0n) is 12.4. The van der Waals surface area contributed by atoms with Crippen molar-refractivity contribution in [2.45, 2.75) is 33.3 Å². The largest absolute Gasteiger partial charge is 0.393 e. The first-order chi connectivity index (χ1) is 9.69. The van der Waals surface area contributed by atoms with Crippen molar-refractivity contribution in [3.05, 3.63) is 34.4 Å². The van der Waals surface area contributed by atoms with Gasteiger partial charge in [0.25, 0.3) is 5.69 Å². The average Bonchev–Trinajstić information content (AvgIpc) is 2.35. The van der Waals surface area contributed by atoms with E-state index in [4.69, 9.17) is 0 Å². The van der Waals surface area contributed by atoms with Crippen LogP contribution >= 0.6 is 0 Å². The third-order valence-corrected chi connectivity index (χ3v) is 2.89. The second kappa shape index (κ2) is 7.03. The van der Waals surface area contributed by atoms with E-state index >= 15 is 0 Å². The van der Waals surface area contributed by atoms with Crippen LogP contribution in [0.5, 0.6) is 0 Å². The lowest BCUT2D eigenvalue weighted by molar-refractivity contribution is -0.384. The third-order valence-electron chi connectivity index (χ3n) is 2.89. The molecule has 21 heavy (non-hydrogen) atoms. The van der Waals surface area contributed by atoms with Gasteiger partial charge < -0.3 is 15.7 Å². The quantitative estimate of drug-likeness (QED) is 0.554. The number of nitro groups is 1. The van der Waals surface area contributed by atoms with Gasteiger partial charge in [0.05, 0.1) is 11.0 Å². The van der Waals surface area contributed by atoms with Gasteiger partial charge >= 0.3 is 6.03 Å². The molecule has 1 atom stereocenters. The van der Waals surface area contributed by atoms with Gasteiger partial charge in [0.2, 0.25) is 0 Å². The lowest BCUT2D eigenvalue weighted by Crippen LogP contribution is -2.38. The predicted molar refractivity (Wildman–Crippen MR) is 80.2 cm³/mol. The number of nitrogens with one attached hydrogen (secondary N) is 2. The molecule has 0 aliphatic carbocycles. The zero-order chi connectivity index (χ0) is 16.0. The molecule has 0 radical (unpaired) electrons. The third kappa shape index (κ3) is 6.22. The normalized spacial score (nSPS) is 12.6. The van der Waals surface area contributed by atoms with Crippen LogP contribution < -0.4 is 10.6 Å². The molecule has 0 spiro atoms. The number of carbonyl (C=O) groups excluding carboxylic acids is 1. The maximum atomic E-state index is 11.8. The number of anilines is 1. The van der Waals surface area contributed by atoms with E-state index < -0.39 is 17.1 Å². The molecule has 3 N–H and O–H groups in total. The molecule has 0 bridgehead atoms. The van der Waals surface area contributed by atoms with E-state index in [1.807, 2.05) is 13.8 Å². The van der Waals surface area contributed by atoms with Gasteiger partial charge in [-0.15, -0.1) is 0 Å². The number of aliphatic hydroxyl groups is 1. The van der Waals surface area contributed by atoms with Crippen molar-refractivity contribution in [1.82, 2.24) is 5.32 Å². The fourth-order valence-corrected chi connectivity index (χ4v) is 2.06.